The van der Waals surface area contributed by atoms with E-state index in [-0.39, 0.29) is 19.5 Å². The number of benzene rings is 1. The molecule has 0 saturated carbocycles. The molecule has 8 heteroatoms. The van der Waals surface area contributed by atoms with Crippen LogP contribution in [0, 0.1) is 5.41 Å². The number of amides is 1. The molecular formula is C20H26N2O6. The molecule has 0 bridgehead atoms. The number of likely N-dealkylation sites (tertiary alicyclic amines) is 2. The van der Waals surface area contributed by atoms with Crippen molar-refractivity contribution in [2.45, 2.75) is 44.9 Å². The van der Waals surface area contributed by atoms with Gasteiger partial charge in [-0.25, -0.2) is 4.79 Å². The molecule has 3 atom stereocenters. The molecule has 2 aliphatic rings. The fourth-order valence-corrected chi connectivity index (χ4v) is 4.22. The normalized spacial score (nSPS) is 28.1. The lowest BCUT2D eigenvalue weighted by Gasteiger charge is -2.46. The number of carbonyl (C=O) groups is 3. The summed E-state index contributed by atoms with van der Waals surface area (Å²) in [5.74, 6) is -2.40. The summed E-state index contributed by atoms with van der Waals surface area (Å²) in [6.07, 6.45) is 0.670. The molecule has 0 aliphatic carbocycles. The molecule has 8 nitrogen and oxygen atoms in total. The Balaban J connectivity index is 1.84. The minimum absolute atomic E-state index is 0.0375. The second-order valence-electron chi connectivity index (χ2n) is 7.78. The van der Waals surface area contributed by atoms with Crippen molar-refractivity contribution in [3.8, 4) is 0 Å². The van der Waals surface area contributed by atoms with Gasteiger partial charge in [0.1, 0.15) is 12.1 Å². The highest BCUT2D eigenvalue weighted by atomic mass is 16.6. The standard InChI is InChI=1S/C20H26N2O6/c1-20(18(25)26)11-15(28-19(27)21-9-5-6-10-21)13-22(16(20)17(23)24)12-14-7-3-2-4-8-14/h2-4,7-8,15-16H,5-6,9-13H2,1H3,(H,23,24)(H,25,26)/t15-,16+,20-/m0/s1. The van der Waals surface area contributed by atoms with E-state index in [1.807, 2.05) is 30.3 Å². The third-order valence-corrected chi connectivity index (χ3v) is 5.64. The van der Waals surface area contributed by atoms with Gasteiger partial charge in [-0.3, -0.25) is 14.5 Å². The van der Waals surface area contributed by atoms with Crippen molar-refractivity contribution in [3.63, 3.8) is 0 Å². The number of piperidine rings is 1. The molecule has 152 valence electrons. The number of hydrogen-bond donors (Lipinski definition) is 2. The first-order valence-corrected chi connectivity index (χ1v) is 9.51. The second-order valence-corrected chi connectivity index (χ2v) is 7.78. The maximum atomic E-state index is 12.4. The van der Waals surface area contributed by atoms with Crippen molar-refractivity contribution in [1.82, 2.24) is 9.80 Å². The predicted octanol–water partition coefficient (Wildman–Crippen LogP) is 2.04. The molecule has 2 N–H and O–H groups in total. The van der Waals surface area contributed by atoms with Crippen LogP contribution in [0.15, 0.2) is 30.3 Å². The number of carboxylic acid groups (broad SMARTS) is 2. The summed E-state index contributed by atoms with van der Waals surface area (Å²) in [5.41, 5.74) is -0.706. The van der Waals surface area contributed by atoms with Gasteiger partial charge in [0.05, 0.1) is 5.41 Å². The van der Waals surface area contributed by atoms with Crippen LogP contribution in [0.4, 0.5) is 4.79 Å². The second kappa shape index (κ2) is 8.18. The summed E-state index contributed by atoms with van der Waals surface area (Å²) >= 11 is 0. The van der Waals surface area contributed by atoms with Gasteiger partial charge in [-0.1, -0.05) is 30.3 Å². The number of ether oxygens (including phenoxy) is 1. The van der Waals surface area contributed by atoms with Gasteiger partial charge < -0.3 is 19.8 Å². The molecule has 0 radical (unpaired) electrons. The number of carbonyl (C=O) groups excluding carboxylic acids is 1. The van der Waals surface area contributed by atoms with Crippen LogP contribution in [-0.4, -0.2) is 69.8 Å². The Labute approximate surface area is 163 Å². The quantitative estimate of drug-likeness (QED) is 0.792. The first-order chi connectivity index (χ1) is 13.3. The van der Waals surface area contributed by atoms with Crippen molar-refractivity contribution in [1.29, 1.82) is 0 Å². The molecule has 2 fully saturated rings. The van der Waals surface area contributed by atoms with Gasteiger partial charge >= 0.3 is 18.0 Å². The number of rotatable bonds is 5. The minimum Gasteiger partial charge on any atom is -0.481 e. The molecule has 1 aromatic rings. The summed E-state index contributed by atoms with van der Waals surface area (Å²) in [5, 5.41) is 19.6. The third kappa shape index (κ3) is 4.11. The van der Waals surface area contributed by atoms with Gasteiger partial charge in [-0.2, -0.15) is 0 Å². The molecule has 1 aromatic carbocycles. The van der Waals surface area contributed by atoms with Gasteiger partial charge in [0.2, 0.25) is 0 Å². The fourth-order valence-electron chi connectivity index (χ4n) is 4.22. The Morgan fingerprint density at radius 1 is 1.14 bits per heavy atom. The van der Waals surface area contributed by atoms with Crippen LogP contribution in [0.2, 0.25) is 0 Å². The van der Waals surface area contributed by atoms with E-state index >= 15 is 0 Å². The van der Waals surface area contributed by atoms with E-state index in [1.165, 1.54) is 6.92 Å². The van der Waals surface area contributed by atoms with Crippen molar-refractivity contribution >= 4 is 18.0 Å². The van der Waals surface area contributed by atoms with E-state index in [9.17, 15) is 24.6 Å². The lowest BCUT2D eigenvalue weighted by Crippen LogP contribution is -2.62. The van der Waals surface area contributed by atoms with E-state index in [4.69, 9.17) is 4.74 Å². The van der Waals surface area contributed by atoms with E-state index in [0.29, 0.717) is 13.1 Å². The van der Waals surface area contributed by atoms with Gasteiger partial charge in [0.15, 0.2) is 0 Å². The number of aliphatic carboxylic acids is 2. The smallest absolute Gasteiger partial charge is 0.410 e. The summed E-state index contributed by atoms with van der Waals surface area (Å²) in [6, 6.07) is 8.04. The highest BCUT2D eigenvalue weighted by molar-refractivity contribution is 5.86. The zero-order chi connectivity index (χ0) is 20.3. The molecule has 0 unspecified atom stereocenters. The Hall–Kier alpha value is -2.61. The first kappa shape index (κ1) is 20.1. The molecule has 3 rings (SSSR count). The van der Waals surface area contributed by atoms with Crippen LogP contribution in [-0.2, 0) is 20.9 Å². The van der Waals surface area contributed by atoms with Crippen LogP contribution in [0.25, 0.3) is 0 Å². The topological polar surface area (TPSA) is 107 Å². The van der Waals surface area contributed by atoms with Crippen LogP contribution >= 0.6 is 0 Å². The Bertz CT molecular complexity index is 733. The molecule has 0 aromatic heterocycles. The summed E-state index contributed by atoms with van der Waals surface area (Å²) in [7, 11) is 0. The highest BCUT2D eigenvalue weighted by Crippen LogP contribution is 2.38. The van der Waals surface area contributed by atoms with E-state index in [2.05, 4.69) is 0 Å². The maximum absolute atomic E-state index is 12.4. The lowest BCUT2D eigenvalue weighted by atomic mass is 9.73. The lowest BCUT2D eigenvalue weighted by molar-refractivity contribution is -0.173. The van der Waals surface area contributed by atoms with Crippen molar-refractivity contribution < 1.29 is 29.3 Å². The fraction of sp³-hybridized carbons (Fsp3) is 0.550. The van der Waals surface area contributed by atoms with Crippen LogP contribution in [0.3, 0.4) is 0 Å². The Morgan fingerprint density at radius 3 is 2.36 bits per heavy atom. The van der Waals surface area contributed by atoms with E-state index < -0.39 is 35.6 Å². The maximum Gasteiger partial charge on any atom is 0.410 e. The van der Waals surface area contributed by atoms with Gasteiger partial charge in [0, 0.05) is 32.6 Å². The van der Waals surface area contributed by atoms with Crippen LogP contribution < -0.4 is 0 Å². The summed E-state index contributed by atoms with van der Waals surface area (Å²) < 4.78 is 5.61. The predicted molar refractivity (Wildman–Crippen MR) is 99.7 cm³/mol. The number of hydrogen-bond acceptors (Lipinski definition) is 5. The monoisotopic (exact) mass is 390 g/mol. The van der Waals surface area contributed by atoms with Crippen molar-refractivity contribution in [2.75, 3.05) is 19.6 Å². The van der Waals surface area contributed by atoms with Crippen LogP contribution in [0.5, 0.6) is 0 Å². The zero-order valence-electron chi connectivity index (χ0n) is 15.9. The molecule has 1 amide bonds. The van der Waals surface area contributed by atoms with Crippen molar-refractivity contribution in [2.24, 2.45) is 5.41 Å². The van der Waals surface area contributed by atoms with Gasteiger partial charge in [-0.05, 0) is 25.3 Å². The Morgan fingerprint density at radius 2 is 1.79 bits per heavy atom. The molecule has 2 heterocycles. The number of nitrogens with zero attached hydrogens (tertiary/aromatic N) is 2. The van der Waals surface area contributed by atoms with Gasteiger partial charge in [-0.15, -0.1) is 0 Å². The molecule has 2 saturated heterocycles. The van der Waals surface area contributed by atoms with Crippen LogP contribution in [0.1, 0.15) is 31.7 Å². The number of carboxylic acids is 2. The summed E-state index contributed by atoms with van der Waals surface area (Å²) in [6.45, 7) is 3.12. The summed E-state index contributed by atoms with van der Waals surface area (Å²) in [4.78, 5) is 39.6. The zero-order valence-corrected chi connectivity index (χ0v) is 15.9. The first-order valence-electron chi connectivity index (χ1n) is 9.51. The van der Waals surface area contributed by atoms with E-state index in [0.717, 1.165) is 18.4 Å². The molecule has 2 aliphatic heterocycles. The third-order valence-electron chi connectivity index (χ3n) is 5.64. The molecule has 0 spiro atoms. The molecule has 28 heavy (non-hydrogen) atoms. The SMILES string of the molecule is C[C@]1(C(=O)O)C[C@H](OC(=O)N2CCCC2)CN(Cc2ccccc2)[C@@H]1C(=O)O. The largest absolute Gasteiger partial charge is 0.481 e. The average molecular weight is 390 g/mol. The van der Waals surface area contributed by atoms with Gasteiger partial charge in [0.25, 0.3) is 0 Å². The van der Waals surface area contributed by atoms with E-state index in [1.54, 1.807) is 9.80 Å². The Kier molecular flexibility index (Phi) is 5.88. The van der Waals surface area contributed by atoms with Crippen molar-refractivity contribution in [3.05, 3.63) is 35.9 Å². The highest BCUT2D eigenvalue weighted by Gasteiger charge is 2.54. The minimum atomic E-state index is -1.57. The molecular weight excluding hydrogens is 364 g/mol. The average Bonchev–Trinajstić information content (AvgIpc) is 3.16.